The van der Waals surface area contributed by atoms with E-state index in [1.807, 2.05) is 41.4 Å². The number of amides is 1. The third-order valence-electron chi connectivity index (χ3n) is 7.93. The van der Waals surface area contributed by atoms with Crippen LogP contribution in [0.1, 0.15) is 61.5 Å². The van der Waals surface area contributed by atoms with Crippen molar-refractivity contribution in [1.82, 2.24) is 20.1 Å². The molecule has 2 fully saturated rings. The van der Waals surface area contributed by atoms with Crippen molar-refractivity contribution >= 4 is 29.2 Å². The molecule has 9 heteroatoms. The predicted molar refractivity (Wildman–Crippen MR) is 160 cm³/mol. The van der Waals surface area contributed by atoms with Gasteiger partial charge in [0.05, 0.1) is 11.6 Å². The van der Waals surface area contributed by atoms with E-state index in [2.05, 4.69) is 38.9 Å². The summed E-state index contributed by atoms with van der Waals surface area (Å²) >= 11 is 6.70. The van der Waals surface area contributed by atoms with Gasteiger partial charge in [-0.1, -0.05) is 30.4 Å². The maximum Gasteiger partial charge on any atom is 0.253 e. The minimum Gasteiger partial charge on any atom is -0.378 e. The number of anilines is 1. The lowest BCUT2D eigenvalue weighted by Gasteiger charge is -2.47. The molecule has 1 aromatic carbocycles. The Morgan fingerprint density at radius 1 is 1.18 bits per heavy atom. The average Bonchev–Trinajstić information content (AvgIpc) is 3.51. The number of hydrogen-bond acceptors (Lipinski definition) is 7. The van der Waals surface area contributed by atoms with E-state index in [0.717, 1.165) is 87.9 Å². The Balaban J connectivity index is 1.16. The molecule has 1 amide bonds. The molecule has 40 heavy (non-hydrogen) atoms. The van der Waals surface area contributed by atoms with Gasteiger partial charge in [-0.2, -0.15) is 0 Å². The van der Waals surface area contributed by atoms with Crippen LogP contribution in [0.25, 0.3) is 0 Å². The van der Waals surface area contributed by atoms with Crippen molar-refractivity contribution in [3.8, 4) is 11.8 Å². The van der Waals surface area contributed by atoms with Gasteiger partial charge in [0.2, 0.25) is 0 Å². The number of carbonyl (C=O) groups is 1. The third kappa shape index (κ3) is 6.60. The van der Waals surface area contributed by atoms with E-state index < -0.39 is 5.60 Å². The monoisotopic (exact) mass is 562 g/mol. The van der Waals surface area contributed by atoms with Crippen molar-refractivity contribution in [2.75, 3.05) is 50.7 Å². The van der Waals surface area contributed by atoms with Gasteiger partial charge in [-0.05, 0) is 63.4 Å². The SMILES string of the molecule is CC[C@H]1CN(c2ncc(C3=NCCN3)cc2Cl)CCN1C1CCN(C(=O)c2ccc(C#CC(C)(C)O)cc2)CC1. The summed E-state index contributed by atoms with van der Waals surface area (Å²) in [6.07, 6.45) is 4.87. The van der Waals surface area contributed by atoms with Crippen molar-refractivity contribution in [1.29, 1.82) is 0 Å². The van der Waals surface area contributed by atoms with Crippen LogP contribution < -0.4 is 10.2 Å². The van der Waals surface area contributed by atoms with Gasteiger partial charge < -0.3 is 20.2 Å². The molecule has 1 atom stereocenters. The van der Waals surface area contributed by atoms with Gasteiger partial charge in [0.25, 0.3) is 5.91 Å². The molecule has 2 saturated heterocycles. The van der Waals surface area contributed by atoms with Crippen molar-refractivity contribution in [3.63, 3.8) is 0 Å². The molecular formula is C31H39ClN6O2. The topological polar surface area (TPSA) is 84.3 Å². The van der Waals surface area contributed by atoms with Crippen molar-refractivity contribution in [3.05, 3.63) is 58.2 Å². The van der Waals surface area contributed by atoms with Crippen LogP contribution in [0, 0.1) is 11.8 Å². The van der Waals surface area contributed by atoms with Crippen LogP contribution in [0.4, 0.5) is 5.82 Å². The molecule has 2 N–H and O–H groups in total. The summed E-state index contributed by atoms with van der Waals surface area (Å²) in [5, 5.41) is 13.8. The first-order valence-corrected chi connectivity index (χ1v) is 14.7. The average molecular weight is 563 g/mol. The summed E-state index contributed by atoms with van der Waals surface area (Å²) in [4.78, 5) is 29.3. The molecule has 212 valence electrons. The minimum absolute atomic E-state index is 0.0697. The molecule has 0 aliphatic carbocycles. The number of benzene rings is 1. The fraction of sp³-hybridized carbons (Fsp3) is 0.516. The lowest BCUT2D eigenvalue weighted by Crippen LogP contribution is -2.58. The van der Waals surface area contributed by atoms with Gasteiger partial charge >= 0.3 is 0 Å². The number of aliphatic imine (C=N–C) groups is 1. The largest absolute Gasteiger partial charge is 0.378 e. The van der Waals surface area contributed by atoms with Crippen molar-refractivity contribution < 1.29 is 9.90 Å². The van der Waals surface area contributed by atoms with E-state index in [-0.39, 0.29) is 5.91 Å². The van der Waals surface area contributed by atoms with Gasteiger partial charge in [-0.25, -0.2) is 4.98 Å². The maximum absolute atomic E-state index is 13.2. The molecule has 2 aromatic rings. The van der Waals surface area contributed by atoms with E-state index in [4.69, 9.17) is 16.6 Å². The van der Waals surface area contributed by atoms with Gasteiger partial charge in [-0.3, -0.25) is 14.7 Å². The number of nitrogens with zero attached hydrogens (tertiary/aromatic N) is 5. The fourth-order valence-electron chi connectivity index (χ4n) is 5.79. The molecule has 0 radical (unpaired) electrons. The summed E-state index contributed by atoms with van der Waals surface area (Å²) in [6, 6.07) is 10.2. The standard InChI is InChI=1S/C31H39ClN6O2/c1-4-25-21-37(29-27(32)19-24(20-35-29)28-33-13-14-34-28)17-18-38(25)26-10-15-36(16-11-26)30(39)23-7-5-22(6-8-23)9-12-31(2,3)40/h5-8,19-20,25-26,40H,4,10-11,13-18,21H2,1-3H3,(H,33,34)/t25-/m0/s1. The van der Waals surface area contributed by atoms with Crippen LogP contribution >= 0.6 is 11.6 Å². The van der Waals surface area contributed by atoms with E-state index in [1.165, 1.54) is 0 Å². The summed E-state index contributed by atoms with van der Waals surface area (Å²) in [5.41, 5.74) is 1.36. The number of rotatable bonds is 5. The molecule has 0 saturated carbocycles. The Labute approximate surface area is 242 Å². The number of aliphatic hydroxyl groups is 1. The first-order valence-electron chi connectivity index (χ1n) is 14.3. The number of piperidine rings is 1. The molecule has 0 bridgehead atoms. The second kappa shape index (κ2) is 12.2. The lowest BCUT2D eigenvalue weighted by atomic mass is 9.97. The van der Waals surface area contributed by atoms with Crippen LogP contribution in [0.2, 0.25) is 5.02 Å². The van der Waals surface area contributed by atoms with Crippen LogP contribution in [-0.2, 0) is 0 Å². The van der Waals surface area contributed by atoms with E-state index in [9.17, 15) is 9.90 Å². The third-order valence-corrected chi connectivity index (χ3v) is 8.21. The first kappa shape index (κ1) is 28.4. The predicted octanol–water partition coefficient (Wildman–Crippen LogP) is 3.41. The molecule has 0 spiro atoms. The molecule has 4 heterocycles. The summed E-state index contributed by atoms with van der Waals surface area (Å²) < 4.78 is 0. The zero-order valence-electron chi connectivity index (χ0n) is 23.7. The number of carbonyl (C=O) groups excluding carboxylic acids is 1. The maximum atomic E-state index is 13.2. The number of amidine groups is 1. The summed E-state index contributed by atoms with van der Waals surface area (Å²) in [6.45, 7) is 11.4. The second-order valence-electron chi connectivity index (χ2n) is 11.3. The summed E-state index contributed by atoms with van der Waals surface area (Å²) in [5.74, 6) is 7.56. The molecule has 0 unspecified atom stereocenters. The number of hydrogen-bond donors (Lipinski definition) is 2. The van der Waals surface area contributed by atoms with Crippen molar-refractivity contribution in [2.24, 2.45) is 4.99 Å². The highest BCUT2D eigenvalue weighted by molar-refractivity contribution is 6.33. The zero-order chi connectivity index (χ0) is 28.3. The Kier molecular flexibility index (Phi) is 8.65. The highest BCUT2D eigenvalue weighted by Crippen LogP contribution is 2.30. The normalized spacial score (nSPS) is 20.5. The lowest BCUT2D eigenvalue weighted by molar-refractivity contribution is 0.0491. The Bertz CT molecular complexity index is 1300. The number of piperazine rings is 1. The molecule has 3 aliphatic rings. The summed E-state index contributed by atoms with van der Waals surface area (Å²) in [7, 11) is 0. The van der Waals surface area contributed by atoms with Gasteiger partial charge in [0, 0.05) is 74.2 Å². The zero-order valence-corrected chi connectivity index (χ0v) is 24.4. The van der Waals surface area contributed by atoms with Crippen molar-refractivity contribution in [2.45, 2.75) is 57.7 Å². The molecular weight excluding hydrogens is 524 g/mol. The van der Waals surface area contributed by atoms with Gasteiger partial charge in [0.1, 0.15) is 17.3 Å². The number of pyridine rings is 1. The van der Waals surface area contributed by atoms with E-state index in [1.54, 1.807) is 13.8 Å². The fourth-order valence-corrected chi connectivity index (χ4v) is 6.08. The number of likely N-dealkylation sites (tertiary alicyclic amines) is 1. The molecule has 5 rings (SSSR count). The number of halogens is 1. The minimum atomic E-state index is -1.04. The number of nitrogens with one attached hydrogen (secondary N) is 1. The number of aromatic nitrogens is 1. The van der Waals surface area contributed by atoms with E-state index >= 15 is 0 Å². The van der Waals surface area contributed by atoms with Crippen LogP contribution in [0.3, 0.4) is 0 Å². The van der Waals surface area contributed by atoms with Gasteiger partial charge in [-0.15, -0.1) is 0 Å². The Morgan fingerprint density at radius 2 is 1.93 bits per heavy atom. The van der Waals surface area contributed by atoms with E-state index in [0.29, 0.717) is 22.7 Å². The smallest absolute Gasteiger partial charge is 0.253 e. The van der Waals surface area contributed by atoms with Crippen LogP contribution in [-0.4, -0.2) is 95.1 Å². The van der Waals surface area contributed by atoms with Crippen LogP contribution in [0.15, 0.2) is 41.5 Å². The highest BCUT2D eigenvalue weighted by Gasteiger charge is 2.35. The second-order valence-corrected chi connectivity index (χ2v) is 11.7. The molecule has 8 nitrogen and oxygen atoms in total. The highest BCUT2D eigenvalue weighted by atomic mass is 35.5. The Hall–Kier alpha value is -3.12. The molecule has 1 aromatic heterocycles. The first-order chi connectivity index (χ1) is 19.2. The van der Waals surface area contributed by atoms with Crippen LogP contribution in [0.5, 0.6) is 0 Å². The van der Waals surface area contributed by atoms with Gasteiger partial charge in [0.15, 0.2) is 0 Å². The molecule has 3 aliphatic heterocycles. The Morgan fingerprint density at radius 3 is 2.55 bits per heavy atom. The quantitative estimate of drug-likeness (QED) is 0.543.